The molecule has 1 fully saturated rings. The lowest BCUT2D eigenvalue weighted by atomic mass is 9.54. The standard InChI is InChI=1S/C25H27NO3/c1-25-10-9-20-19-5-4-16(24(27)28)11-15(19)3-6-21(20)23(25)8-7-22(25)17-12-18(29-2)14-26-13-17/h4-5,7,11-14,20-21,23H,3,6,8-10H2,1-2H3,(H,27,28)/t20-,21-,23+,25-/m1/s1. The molecule has 1 saturated carbocycles. The molecule has 5 rings (SSSR count). The molecule has 1 aromatic carbocycles. The largest absolute Gasteiger partial charge is 0.495 e. The smallest absolute Gasteiger partial charge is 0.335 e. The third-order valence-corrected chi connectivity index (χ3v) is 7.81. The van der Waals surface area contributed by atoms with Crippen molar-refractivity contribution in [3.05, 3.63) is 65.0 Å². The molecule has 3 aliphatic rings. The summed E-state index contributed by atoms with van der Waals surface area (Å²) in [6.07, 6.45) is 11.7. The van der Waals surface area contributed by atoms with Gasteiger partial charge in [-0.2, -0.15) is 0 Å². The topological polar surface area (TPSA) is 59.4 Å². The van der Waals surface area contributed by atoms with Crippen LogP contribution in [0.5, 0.6) is 5.75 Å². The first-order chi connectivity index (χ1) is 14.0. The second-order valence-electron chi connectivity index (χ2n) is 9.06. The molecule has 1 heterocycles. The van der Waals surface area contributed by atoms with Crippen LogP contribution in [0.25, 0.3) is 5.57 Å². The van der Waals surface area contributed by atoms with Gasteiger partial charge < -0.3 is 9.84 Å². The number of fused-ring (bicyclic) bond motifs is 5. The molecule has 4 nitrogen and oxygen atoms in total. The van der Waals surface area contributed by atoms with Crippen LogP contribution in [0.15, 0.2) is 42.7 Å². The fraction of sp³-hybridized carbons (Fsp3) is 0.440. The number of hydrogen-bond donors (Lipinski definition) is 1. The van der Waals surface area contributed by atoms with E-state index in [2.05, 4.69) is 30.1 Å². The molecule has 0 bridgehead atoms. The number of aromatic carboxylic acids is 1. The van der Waals surface area contributed by atoms with Gasteiger partial charge in [0.2, 0.25) is 0 Å². The van der Waals surface area contributed by atoms with Crippen molar-refractivity contribution in [2.75, 3.05) is 7.11 Å². The number of ether oxygens (including phenoxy) is 1. The van der Waals surface area contributed by atoms with E-state index in [0.717, 1.165) is 37.9 Å². The van der Waals surface area contributed by atoms with Crippen LogP contribution < -0.4 is 4.74 Å². The summed E-state index contributed by atoms with van der Waals surface area (Å²) in [4.78, 5) is 15.7. The first-order valence-corrected chi connectivity index (χ1v) is 10.6. The molecular formula is C25H27NO3. The van der Waals surface area contributed by atoms with Crippen molar-refractivity contribution in [3.8, 4) is 5.75 Å². The first kappa shape index (κ1) is 18.4. The molecule has 3 aliphatic carbocycles. The Hall–Kier alpha value is -2.62. The number of pyridine rings is 1. The van der Waals surface area contributed by atoms with Gasteiger partial charge in [-0.15, -0.1) is 0 Å². The van der Waals surface area contributed by atoms with E-state index in [4.69, 9.17) is 4.74 Å². The zero-order valence-electron chi connectivity index (χ0n) is 17.0. The van der Waals surface area contributed by atoms with Gasteiger partial charge in [-0.1, -0.05) is 19.1 Å². The Morgan fingerprint density at radius 1 is 1.24 bits per heavy atom. The molecule has 0 amide bonds. The fourth-order valence-electron chi connectivity index (χ4n) is 6.41. The number of carbonyl (C=O) groups is 1. The third-order valence-electron chi connectivity index (χ3n) is 7.81. The van der Waals surface area contributed by atoms with Gasteiger partial charge >= 0.3 is 5.97 Å². The van der Waals surface area contributed by atoms with Crippen LogP contribution in [-0.2, 0) is 6.42 Å². The molecule has 150 valence electrons. The molecule has 0 unspecified atom stereocenters. The Kier molecular flexibility index (Phi) is 4.27. The van der Waals surface area contributed by atoms with E-state index in [1.165, 1.54) is 22.3 Å². The zero-order chi connectivity index (χ0) is 20.2. The monoisotopic (exact) mass is 389 g/mol. The highest BCUT2D eigenvalue weighted by molar-refractivity contribution is 5.88. The quantitative estimate of drug-likeness (QED) is 0.770. The summed E-state index contributed by atoms with van der Waals surface area (Å²) in [6.45, 7) is 2.44. The van der Waals surface area contributed by atoms with E-state index in [-0.39, 0.29) is 5.41 Å². The second kappa shape index (κ2) is 6.72. The van der Waals surface area contributed by atoms with Crippen LogP contribution in [0.2, 0.25) is 0 Å². The Morgan fingerprint density at radius 3 is 2.90 bits per heavy atom. The Morgan fingerprint density at radius 2 is 2.10 bits per heavy atom. The van der Waals surface area contributed by atoms with Gasteiger partial charge in [0.25, 0.3) is 0 Å². The lowest BCUT2D eigenvalue weighted by Gasteiger charge is -2.50. The molecule has 1 N–H and O–H groups in total. The number of aromatic nitrogens is 1. The van der Waals surface area contributed by atoms with Gasteiger partial charge in [0, 0.05) is 6.20 Å². The lowest BCUT2D eigenvalue weighted by molar-refractivity contribution is 0.0696. The number of benzene rings is 1. The zero-order valence-corrected chi connectivity index (χ0v) is 17.0. The van der Waals surface area contributed by atoms with Crippen LogP contribution in [0.3, 0.4) is 0 Å². The minimum atomic E-state index is -0.831. The van der Waals surface area contributed by atoms with Gasteiger partial charge in [-0.3, -0.25) is 4.98 Å². The van der Waals surface area contributed by atoms with Crippen molar-refractivity contribution in [1.82, 2.24) is 4.98 Å². The van der Waals surface area contributed by atoms with E-state index in [1.54, 1.807) is 19.4 Å². The number of nitrogens with zero attached hydrogens (tertiary/aromatic N) is 1. The highest BCUT2D eigenvalue weighted by atomic mass is 16.5. The van der Waals surface area contributed by atoms with Crippen molar-refractivity contribution >= 4 is 11.5 Å². The van der Waals surface area contributed by atoms with Crippen molar-refractivity contribution < 1.29 is 14.6 Å². The molecule has 2 aromatic rings. The fourth-order valence-corrected chi connectivity index (χ4v) is 6.41. The van der Waals surface area contributed by atoms with Crippen molar-refractivity contribution in [3.63, 3.8) is 0 Å². The van der Waals surface area contributed by atoms with Crippen molar-refractivity contribution in [2.45, 2.75) is 44.9 Å². The summed E-state index contributed by atoms with van der Waals surface area (Å²) >= 11 is 0. The highest BCUT2D eigenvalue weighted by Crippen LogP contribution is 2.63. The van der Waals surface area contributed by atoms with E-state index in [9.17, 15) is 9.90 Å². The number of methoxy groups -OCH3 is 1. The van der Waals surface area contributed by atoms with Crippen molar-refractivity contribution in [1.29, 1.82) is 0 Å². The molecule has 0 radical (unpaired) electrons. The average Bonchev–Trinajstić information content (AvgIpc) is 3.10. The molecule has 0 spiro atoms. The Bertz CT molecular complexity index is 1010. The minimum absolute atomic E-state index is 0.174. The second-order valence-corrected chi connectivity index (χ2v) is 9.06. The number of allylic oxidation sites excluding steroid dienone is 2. The summed E-state index contributed by atoms with van der Waals surface area (Å²) in [5.41, 5.74) is 5.85. The van der Waals surface area contributed by atoms with Crippen LogP contribution in [-0.4, -0.2) is 23.2 Å². The highest BCUT2D eigenvalue weighted by Gasteiger charge is 2.51. The number of hydrogen-bond acceptors (Lipinski definition) is 3. The number of carboxylic acids is 1. The minimum Gasteiger partial charge on any atom is -0.495 e. The molecule has 4 atom stereocenters. The normalized spacial score (nSPS) is 30.0. The van der Waals surface area contributed by atoms with Gasteiger partial charge in [0.1, 0.15) is 5.75 Å². The van der Waals surface area contributed by atoms with Crippen LogP contribution in [0, 0.1) is 17.3 Å². The maximum Gasteiger partial charge on any atom is 0.335 e. The van der Waals surface area contributed by atoms with Gasteiger partial charge in [0.05, 0.1) is 18.9 Å². The number of aryl methyl sites for hydroxylation is 1. The number of rotatable bonds is 3. The molecule has 4 heteroatoms. The summed E-state index contributed by atoms with van der Waals surface area (Å²) in [5.74, 6) is 1.82. The lowest BCUT2D eigenvalue weighted by Crippen LogP contribution is -2.41. The third kappa shape index (κ3) is 2.80. The molecule has 29 heavy (non-hydrogen) atoms. The van der Waals surface area contributed by atoms with E-state index < -0.39 is 5.97 Å². The first-order valence-electron chi connectivity index (χ1n) is 10.6. The molecule has 1 aromatic heterocycles. The summed E-state index contributed by atoms with van der Waals surface area (Å²) in [6, 6.07) is 7.90. The van der Waals surface area contributed by atoms with Crippen LogP contribution in [0.1, 0.15) is 65.6 Å². The van der Waals surface area contributed by atoms with Crippen LogP contribution in [0.4, 0.5) is 0 Å². The average molecular weight is 389 g/mol. The molecular weight excluding hydrogens is 362 g/mol. The number of carboxylic acid groups (broad SMARTS) is 1. The predicted octanol–water partition coefficient (Wildman–Crippen LogP) is 5.34. The van der Waals surface area contributed by atoms with Gasteiger partial charge in [-0.25, -0.2) is 4.79 Å². The van der Waals surface area contributed by atoms with E-state index in [1.807, 2.05) is 12.3 Å². The molecule has 0 aliphatic heterocycles. The Labute approximate surface area is 171 Å². The summed E-state index contributed by atoms with van der Waals surface area (Å²) < 4.78 is 5.40. The van der Waals surface area contributed by atoms with Crippen molar-refractivity contribution in [2.24, 2.45) is 17.3 Å². The maximum atomic E-state index is 11.4. The summed E-state index contributed by atoms with van der Waals surface area (Å²) in [7, 11) is 1.69. The predicted molar refractivity (Wildman–Crippen MR) is 112 cm³/mol. The molecule has 0 saturated heterocycles. The Balaban J connectivity index is 1.46. The maximum absolute atomic E-state index is 11.4. The summed E-state index contributed by atoms with van der Waals surface area (Å²) in [5, 5.41) is 9.33. The van der Waals surface area contributed by atoms with Gasteiger partial charge in [0.15, 0.2) is 0 Å². The van der Waals surface area contributed by atoms with Crippen LogP contribution >= 0.6 is 0 Å². The van der Waals surface area contributed by atoms with E-state index in [0.29, 0.717) is 23.3 Å². The van der Waals surface area contributed by atoms with Gasteiger partial charge in [-0.05, 0) is 95.7 Å². The SMILES string of the molecule is COc1cncc(C2=CC[C@H]3[C@@H]4CCc5cc(C(=O)O)ccc5[C@H]4CC[C@]23C)c1. The van der Waals surface area contributed by atoms with E-state index >= 15 is 0 Å².